The van der Waals surface area contributed by atoms with Gasteiger partial charge in [-0.15, -0.1) is 0 Å². The van der Waals surface area contributed by atoms with Crippen LogP contribution >= 0.6 is 11.6 Å². The van der Waals surface area contributed by atoms with Gasteiger partial charge in [0.2, 0.25) is 10.0 Å². The number of rotatable bonds is 9. The van der Waals surface area contributed by atoms with Crippen LogP contribution in [0.25, 0.3) is 0 Å². The van der Waals surface area contributed by atoms with E-state index in [2.05, 4.69) is 15.4 Å². The second kappa shape index (κ2) is 10.9. The number of hydrogen-bond donors (Lipinski definition) is 3. The largest absolute Gasteiger partial charge is 0.338 e. The third kappa shape index (κ3) is 7.40. The summed E-state index contributed by atoms with van der Waals surface area (Å²) < 4.78 is 27.4. The molecule has 31 heavy (non-hydrogen) atoms. The highest BCUT2D eigenvalue weighted by molar-refractivity contribution is 7.89. The second-order valence-corrected chi connectivity index (χ2v) is 9.15. The van der Waals surface area contributed by atoms with E-state index in [4.69, 9.17) is 11.6 Å². The molecule has 0 fully saturated rings. The number of carbonyl (C=O) groups is 1. The van der Waals surface area contributed by atoms with Gasteiger partial charge < -0.3 is 10.6 Å². The lowest BCUT2D eigenvalue weighted by Gasteiger charge is -2.10. The van der Waals surface area contributed by atoms with Gasteiger partial charge in [-0.3, -0.25) is 0 Å². The molecule has 0 aromatic heterocycles. The molecule has 3 rings (SSSR count). The zero-order valence-corrected chi connectivity index (χ0v) is 18.4. The van der Waals surface area contributed by atoms with Crippen molar-refractivity contribution in [1.29, 1.82) is 0 Å². The number of carbonyl (C=O) groups excluding carboxylic acids is 1. The van der Waals surface area contributed by atoms with Crippen LogP contribution in [0.1, 0.15) is 16.7 Å². The van der Waals surface area contributed by atoms with Crippen molar-refractivity contribution < 1.29 is 13.2 Å². The molecule has 8 heteroatoms. The average Bonchev–Trinajstić information content (AvgIpc) is 2.78. The standard InChI is InChI=1S/C23H24ClN3O3S/c24-21-9-11-22(12-10-21)31(29,30)27-17-20-8-4-7-19(15-20)16-26-23(28)25-14-13-18-5-2-1-3-6-18/h1-12,15,27H,13-14,16-17H2,(H2,25,26,28). The molecule has 3 N–H and O–H groups in total. The van der Waals surface area contributed by atoms with Crippen molar-refractivity contribution in [2.45, 2.75) is 24.4 Å². The van der Waals surface area contributed by atoms with Gasteiger partial charge in [-0.25, -0.2) is 17.9 Å². The molecular weight excluding hydrogens is 434 g/mol. The summed E-state index contributed by atoms with van der Waals surface area (Å²) in [6.45, 7) is 1.03. The molecular formula is C23H24ClN3O3S. The van der Waals surface area contributed by atoms with E-state index in [9.17, 15) is 13.2 Å². The number of hydrogen-bond acceptors (Lipinski definition) is 3. The summed E-state index contributed by atoms with van der Waals surface area (Å²) in [4.78, 5) is 12.2. The van der Waals surface area contributed by atoms with E-state index >= 15 is 0 Å². The van der Waals surface area contributed by atoms with Crippen LogP contribution in [-0.2, 0) is 29.5 Å². The van der Waals surface area contributed by atoms with Crippen LogP contribution in [0.5, 0.6) is 0 Å². The van der Waals surface area contributed by atoms with Crippen molar-refractivity contribution in [3.8, 4) is 0 Å². The van der Waals surface area contributed by atoms with Gasteiger partial charge in [0.05, 0.1) is 4.90 Å². The highest BCUT2D eigenvalue weighted by Gasteiger charge is 2.13. The fourth-order valence-corrected chi connectivity index (χ4v) is 4.08. The third-order valence-electron chi connectivity index (χ3n) is 4.58. The predicted molar refractivity (Wildman–Crippen MR) is 122 cm³/mol. The zero-order valence-electron chi connectivity index (χ0n) is 16.8. The molecule has 0 heterocycles. The molecule has 0 unspecified atom stereocenters. The molecule has 0 aliphatic rings. The van der Waals surface area contributed by atoms with Crippen molar-refractivity contribution in [1.82, 2.24) is 15.4 Å². The molecule has 6 nitrogen and oxygen atoms in total. The molecule has 0 radical (unpaired) electrons. The van der Waals surface area contributed by atoms with Gasteiger partial charge >= 0.3 is 6.03 Å². The van der Waals surface area contributed by atoms with Crippen molar-refractivity contribution in [2.75, 3.05) is 6.54 Å². The molecule has 0 bridgehead atoms. The number of benzene rings is 3. The highest BCUT2D eigenvalue weighted by Crippen LogP contribution is 2.14. The SMILES string of the molecule is O=C(NCCc1ccccc1)NCc1cccc(CNS(=O)(=O)c2ccc(Cl)cc2)c1. The summed E-state index contributed by atoms with van der Waals surface area (Å²) in [7, 11) is -3.64. The first kappa shape index (κ1) is 22.8. The summed E-state index contributed by atoms with van der Waals surface area (Å²) in [5.41, 5.74) is 2.83. The molecule has 3 aromatic carbocycles. The maximum atomic E-state index is 12.4. The molecule has 0 spiro atoms. The van der Waals surface area contributed by atoms with E-state index in [1.807, 2.05) is 54.6 Å². The van der Waals surface area contributed by atoms with Gasteiger partial charge in [0.25, 0.3) is 0 Å². The van der Waals surface area contributed by atoms with Crippen LogP contribution in [0.3, 0.4) is 0 Å². The van der Waals surface area contributed by atoms with Gasteiger partial charge in [0.1, 0.15) is 0 Å². The Kier molecular flexibility index (Phi) is 8.06. The summed E-state index contributed by atoms with van der Waals surface area (Å²) in [5.74, 6) is 0. The lowest BCUT2D eigenvalue weighted by molar-refractivity contribution is 0.240. The maximum absolute atomic E-state index is 12.4. The molecule has 2 amide bonds. The minimum absolute atomic E-state index is 0.141. The highest BCUT2D eigenvalue weighted by atomic mass is 35.5. The molecule has 0 atom stereocenters. The van der Waals surface area contributed by atoms with Gasteiger partial charge in [-0.05, 0) is 47.4 Å². The fourth-order valence-electron chi connectivity index (χ4n) is 2.93. The van der Waals surface area contributed by atoms with Crippen molar-refractivity contribution >= 4 is 27.7 Å². The summed E-state index contributed by atoms with van der Waals surface area (Å²) in [5, 5.41) is 6.12. The molecule has 0 aliphatic heterocycles. The van der Waals surface area contributed by atoms with Gasteiger partial charge in [-0.2, -0.15) is 0 Å². The van der Waals surface area contributed by atoms with Crippen molar-refractivity contribution in [3.05, 3.63) is 101 Å². The normalized spacial score (nSPS) is 11.1. The summed E-state index contributed by atoms with van der Waals surface area (Å²) >= 11 is 5.81. The van der Waals surface area contributed by atoms with E-state index in [0.717, 1.165) is 23.1 Å². The van der Waals surface area contributed by atoms with Crippen molar-refractivity contribution in [3.63, 3.8) is 0 Å². The first-order valence-corrected chi connectivity index (χ1v) is 11.7. The van der Waals surface area contributed by atoms with Gasteiger partial charge in [-0.1, -0.05) is 66.2 Å². The van der Waals surface area contributed by atoms with Gasteiger partial charge in [0.15, 0.2) is 0 Å². The van der Waals surface area contributed by atoms with E-state index in [0.29, 0.717) is 18.1 Å². The maximum Gasteiger partial charge on any atom is 0.315 e. The molecule has 162 valence electrons. The summed E-state index contributed by atoms with van der Waals surface area (Å²) in [6.07, 6.45) is 0.761. The first-order valence-electron chi connectivity index (χ1n) is 9.81. The Hall–Kier alpha value is -2.87. The van der Waals surface area contributed by atoms with Crippen LogP contribution in [0.15, 0.2) is 83.8 Å². The Morgan fingerprint density at radius 3 is 2.13 bits per heavy atom. The topological polar surface area (TPSA) is 87.3 Å². The predicted octanol–water partition coefficient (Wildman–Crippen LogP) is 3.86. The lowest BCUT2D eigenvalue weighted by atomic mass is 10.1. The molecule has 3 aromatic rings. The number of nitrogens with one attached hydrogen (secondary N) is 3. The number of urea groups is 1. The average molecular weight is 458 g/mol. The summed E-state index contributed by atoms with van der Waals surface area (Å²) in [6, 6.07) is 23.1. The van der Waals surface area contributed by atoms with Crippen molar-refractivity contribution in [2.24, 2.45) is 0 Å². The van der Waals surface area contributed by atoms with E-state index in [-0.39, 0.29) is 17.5 Å². The van der Waals surface area contributed by atoms with Gasteiger partial charge in [0, 0.05) is 24.7 Å². The number of halogens is 1. The quantitative estimate of drug-likeness (QED) is 0.456. The third-order valence-corrected chi connectivity index (χ3v) is 6.25. The van der Waals surface area contributed by atoms with Crippen LogP contribution in [0.4, 0.5) is 4.79 Å². The molecule has 0 aliphatic carbocycles. The first-order chi connectivity index (χ1) is 14.9. The molecule has 0 saturated carbocycles. The van der Waals surface area contributed by atoms with E-state index < -0.39 is 10.0 Å². The second-order valence-electron chi connectivity index (χ2n) is 6.94. The van der Waals surface area contributed by atoms with Crippen LogP contribution in [0.2, 0.25) is 5.02 Å². The zero-order chi connectivity index (χ0) is 22.1. The number of amides is 2. The Balaban J connectivity index is 1.46. The lowest BCUT2D eigenvalue weighted by Crippen LogP contribution is -2.36. The molecule has 0 saturated heterocycles. The smallest absolute Gasteiger partial charge is 0.315 e. The Bertz CT molecular complexity index is 1100. The van der Waals surface area contributed by atoms with Crippen LogP contribution in [-0.4, -0.2) is 21.0 Å². The monoisotopic (exact) mass is 457 g/mol. The number of sulfonamides is 1. The Morgan fingerprint density at radius 2 is 1.42 bits per heavy atom. The minimum atomic E-state index is -3.64. The van der Waals surface area contributed by atoms with E-state index in [1.165, 1.54) is 24.3 Å². The van der Waals surface area contributed by atoms with E-state index in [1.54, 1.807) is 0 Å². The fraction of sp³-hybridized carbons (Fsp3) is 0.174. The Morgan fingerprint density at radius 1 is 0.774 bits per heavy atom. The van der Waals surface area contributed by atoms with Crippen LogP contribution < -0.4 is 15.4 Å². The van der Waals surface area contributed by atoms with Crippen LogP contribution in [0, 0.1) is 0 Å². The Labute approximate surface area is 187 Å². The minimum Gasteiger partial charge on any atom is -0.338 e.